The number of hydrogen-bond acceptors (Lipinski definition) is 4. The van der Waals surface area contributed by atoms with Crippen molar-refractivity contribution in [1.29, 1.82) is 0 Å². The zero-order chi connectivity index (χ0) is 21.1. The van der Waals surface area contributed by atoms with Crippen LogP contribution in [0.5, 0.6) is 0 Å². The van der Waals surface area contributed by atoms with E-state index in [0.29, 0.717) is 21.8 Å². The van der Waals surface area contributed by atoms with E-state index in [1.54, 1.807) is 30.3 Å². The number of anilines is 2. The van der Waals surface area contributed by atoms with Crippen LogP contribution in [0.15, 0.2) is 66.0 Å². The molecule has 0 aliphatic rings. The van der Waals surface area contributed by atoms with Gasteiger partial charge in [0.25, 0.3) is 11.8 Å². The number of aryl methyl sites for hydroxylation is 1. The Morgan fingerprint density at radius 1 is 0.933 bits per heavy atom. The maximum Gasteiger partial charge on any atom is 0.265 e. The Morgan fingerprint density at radius 2 is 1.67 bits per heavy atom. The molecule has 0 aliphatic carbocycles. The highest BCUT2D eigenvalue weighted by Gasteiger charge is 2.17. The average Bonchev–Trinajstić information content (AvgIpc) is 3.28. The van der Waals surface area contributed by atoms with Crippen LogP contribution in [0.1, 0.15) is 38.2 Å². The number of carbonyl (C=O) groups is 2. The van der Waals surface area contributed by atoms with Gasteiger partial charge in [0.15, 0.2) is 0 Å². The lowest BCUT2D eigenvalue weighted by Crippen LogP contribution is -2.16. The standard InChI is InChI=1S/C24H21N3O2S/c1-3-19-15(2)22(18-10-4-5-11-20(18)27-19)24(29)26-17-9-6-8-16(14-17)25-23(28)21-12-7-13-30-21/h4-14H,3H2,1-2H3,(H,25,28)(H,26,29). The van der Waals surface area contributed by atoms with Crippen molar-refractivity contribution in [3.8, 4) is 0 Å². The molecule has 2 amide bonds. The number of benzene rings is 2. The highest BCUT2D eigenvalue weighted by atomic mass is 32.1. The van der Waals surface area contributed by atoms with Crippen LogP contribution in [0, 0.1) is 6.92 Å². The van der Waals surface area contributed by atoms with Crippen LogP contribution in [0.3, 0.4) is 0 Å². The number of hydrogen-bond donors (Lipinski definition) is 2. The molecule has 4 rings (SSSR count). The summed E-state index contributed by atoms with van der Waals surface area (Å²) in [6.45, 7) is 3.97. The lowest BCUT2D eigenvalue weighted by molar-refractivity contribution is 0.102. The van der Waals surface area contributed by atoms with E-state index >= 15 is 0 Å². The number of thiophene rings is 1. The fourth-order valence-corrected chi connectivity index (χ4v) is 4.08. The molecule has 0 bridgehead atoms. The van der Waals surface area contributed by atoms with Gasteiger partial charge in [0.05, 0.1) is 16.0 Å². The topological polar surface area (TPSA) is 71.1 Å². The Bertz CT molecular complexity index is 1230. The fraction of sp³-hybridized carbons (Fsp3) is 0.125. The van der Waals surface area contributed by atoms with E-state index in [-0.39, 0.29) is 11.8 Å². The van der Waals surface area contributed by atoms with Gasteiger partial charge in [-0.15, -0.1) is 11.3 Å². The lowest BCUT2D eigenvalue weighted by Gasteiger charge is -2.14. The van der Waals surface area contributed by atoms with Crippen LogP contribution in [-0.2, 0) is 6.42 Å². The zero-order valence-corrected chi connectivity index (χ0v) is 17.5. The molecule has 2 aromatic carbocycles. The summed E-state index contributed by atoms with van der Waals surface area (Å²) in [7, 11) is 0. The number of para-hydroxylation sites is 1. The third-order valence-corrected chi connectivity index (χ3v) is 5.79. The highest BCUT2D eigenvalue weighted by Crippen LogP contribution is 2.25. The second-order valence-corrected chi connectivity index (χ2v) is 7.84. The molecule has 0 unspecified atom stereocenters. The van der Waals surface area contributed by atoms with Gasteiger partial charge in [-0.25, -0.2) is 0 Å². The molecule has 30 heavy (non-hydrogen) atoms. The van der Waals surface area contributed by atoms with E-state index in [4.69, 9.17) is 0 Å². The van der Waals surface area contributed by atoms with Gasteiger partial charge in [-0.1, -0.05) is 37.3 Å². The molecule has 4 aromatic rings. The van der Waals surface area contributed by atoms with Crippen LogP contribution in [0.2, 0.25) is 0 Å². The van der Waals surface area contributed by atoms with Crippen molar-refractivity contribution >= 4 is 45.4 Å². The first-order valence-electron chi connectivity index (χ1n) is 9.71. The van der Waals surface area contributed by atoms with Crippen LogP contribution >= 0.6 is 11.3 Å². The van der Waals surface area contributed by atoms with Gasteiger partial charge in [-0.2, -0.15) is 0 Å². The number of amides is 2. The molecule has 0 saturated carbocycles. The minimum absolute atomic E-state index is 0.169. The van der Waals surface area contributed by atoms with Gasteiger partial charge in [0.1, 0.15) is 0 Å². The third kappa shape index (κ3) is 3.95. The van der Waals surface area contributed by atoms with E-state index in [1.165, 1.54) is 11.3 Å². The van der Waals surface area contributed by atoms with Crippen molar-refractivity contribution in [3.05, 3.63) is 87.7 Å². The van der Waals surface area contributed by atoms with E-state index in [0.717, 1.165) is 28.6 Å². The van der Waals surface area contributed by atoms with E-state index in [9.17, 15) is 9.59 Å². The van der Waals surface area contributed by atoms with Crippen molar-refractivity contribution in [1.82, 2.24) is 4.98 Å². The minimum atomic E-state index is -0.192. The summed E-state index contributed by atoms with van der Waals surface area (Å²) < 4.78 is 0. The number of nitrogens with one attached hydrogen (secondary N) is 2. The Labute approximate surface area is 178 Å². The molecule has 0 radical (unpaired) electrons. The van der Waals surface area contributed by atoms with Gasteiger partial charge in [-0.05, 0) is 54.6 Å². The van der Waals surface area contributed by atoms with Crippen LogP contribution in [-0.4, -0.2) is 16.8 Å². The Kier molecular flexibility index (Phi) is 5.59. The molecule has 0 fully saturated rings. The number of rotatable bonds is 5. The molecule has 2 heterocycles. The van der Waals surface area contributed by atoms with Crippen molar-refractivity contribution < 1.29 is 9.59 Å². The van der Waals surface area contributed by atoms with E-state index in [1.807, 2.05) is 49.6 Å². The number of carbonyl (C=O) groups excluding carboxylic acids is 2. The summed E-state index contributed by atoms with van der Waals surface area (Å²) in [5, 5.41) is 8.53. The summed E-state index contributed by atoms with van der Waals surface area (Å²) in [5.74, 6) is -0.362. The average molecular weight is 416 g/mol. The predicted octanol–water partition coefficient (Wildman–Crippen LogP) is 5.67. The van der Waals surface area contributed by atoms with Crippen molar-refractivity contribution in [2.45, 2.75) is 20.3 Å². The van der Waals surface area contributed by atoms with Gasteiger partial charge < -0.3 is 10.6 Å². The molecule has 6 heteroatoms. The van der Waals surface area contributed by atoms with E-state index in [2.05, 4.69) is 15.6 Å². The predicted molar refractivity (Wildman–Crippen MR) is 123 cm³/mol. The molecule has 0 atom stereocenters. The van der Waals surface area contributed by atoms with Crippen LogP contribution in [0.25, 0.3) is 10.9 Å². The summed E-state index contributed by atoms with van der Waals surface area (Å²) in [6, 6.07) is 18.4. The van der Waals surface area contributed by atoms with Crippen molar-refractivity contribution in [2.24, 2.45) is 0 Å². The maximum absolute atomic E-state index is 13.2. The Morgan fingerprint density at radius 3 is 2.37 bits per heavy atom. The fourth-order valence-electron chi connectivity index (χ4n) is 3.46. The molecule has 2 N–H and O–H groups in total. The molecule has 0 saturated heterocycles. The molecular formula is C24H21N3O2S. The molecule has 0 aliphatic heterocycles. The largest absolute Gasteiger partial charge is 0.322 e. The Hall–Kier alpha value is -3.51. The first-order chi connectivity index (χ1) is 14.6. The smallest absolute Gasteiger partial charge is 0.265 e. The SMILES string of the molecule is CCc1nc2ccccc2c(C(=O)Nc2cccc(NC(=O)c3cccs3)c2)c1C. The van der Waals surface area contributed by atoms with Crippen molar-refractivity contribution in [3.63, 3.8) is 0 Å². The summed E-state index contributed by atoms with van der Waals surface area (Å²) in [4.78, 5) is 30.8. The number of fused-ring (bicyclic) bond motifs is 1. The number of aromatic nitrogens is 1. The molecular weight excluding hydrogens is 394 g/mol. The normalized spacial score (nSPS) is 10.7. The summed E-state index contributed by atoms with van der Waals surface area (Å²) >= 11 is 1.38. The van der Waals surface area contributed by atoms with E-state index < -0.39 is 0 Å². The van der Waals surface area contributed by atoms with Crippen LogP contribution in [0.4, 0.5) is 11.4 Å². The number of nitrogens with zero attached hydrogens (tertiary/aromatic N) is 1. The van der Waals surface area contributed by atoms with Crippen LogP contribution < -0.4 is 10.6 Å². The first-order valence-corrected chi connectivity index (χ1v) is 10.6. The molecule has 5 nitrogen and oxygen atoms in total. The quantitative estimate of drug-likeness (QED) is 0.441. The zero-order valence-electron chi connectivity index (χ0n) is 16.7. The Balaban J connectivity index is 1.62. The summed E-state index contributed by atoms with van der Waals surface area (Å²) in [5.41, 5.74) is 4.47. The molecule has 2 aromatic heterocycles. The first kappa shape index (κ1) is 19.8. The van der Waals surface area contributed by atoms with Gasteiger partial charge in [-0.3, -0.25) is 14.6 Å². The number of pyridine rings is 1. The highest BCUT2D eigenvalue weighted by molar-refractivity contribution is 7.12. The second kappa shape index (κ2) is 8.47. The molecule has 0 spiro atoms. The van der Waals surface area contributed by atoms with Gasteiger partial charge in [0.2, 0.25) is 0 Å². The lowest BCUT2D eigenvalue weighted by atomic mass is 9.99. The summed E-state index contributed by atoms with van der Waals surface area (Å²) in [6.07, 6.45) is 0.751. The second-order valence-electron chi connectivity index (χ2n) is 6.90. The van der Waals surface area contributed by atoms with Gasteiger partial charge >= 0.3 is 0 Å². The molecule has 150 valence electrons. The van der Waals surface area contributed by atoms with Gasteiger partial charge in [0, 0.05) is 22.5 Å². The van der Waals surface area contributed by atoms with Crippen molar-refractivity contribution in [2.75, 3.05) is 10.6 Å². The maximum atomic E-state index is 13.2. The minimum Gasteiger partial charge on any atom is -0.322 e. The monoisotopic (exact) mass is 415 g/mol. The third-order valence-electron chi connectivity index (χ3n) is 4.92.